The second kappa shape index (κ2) is 10.4. The van der Waals surface area contributed by atoms with Gasteiger partial charge in [-0.3, -0.25) is 4.79 Å². The molecule has 0 bridgehead atoms. The predicted molar refractivity (Wildman–Crippen MR) is 128 cm³/mol. The summed E-state index contributed by atoms with van der Waals surface area (Å²) in [6.07, 6.45) is 0. The number of nitrogens with zero attached hydrogens (tertiary/aromatic N) is 1. The minimum absolute atomic E-state index is 0.275. The van der Waals surface area contributed by atoms with Crippen LogP contribution < -0.4 is 0 Å². The minimum Gasteiger partial charge on any atom is -0.454 e. The summed E-state index contributed by atoms with van der Waals surface area (Å²) in [5, 5.41) is 9.32. The van der Waals surface area contributed by atoms with E-state index in [0.717, 1.165) is 16.0 Å². The maximum Gasteiger partial charge on any atom is 0.339 e. The van der Waals surface area contributed by atoms with Crippen LogP contribution in [0.15, 0.2) is 113 Å². The van der Waals surface area contributed by atoms with E-state index in [0.29, 0.717) is 21.6 Å². The van der Waals surface area contributed by atoms with Gasteiger partial charge in [-0.1, -0.05) is 90.6 Å². The summed E-state index contributed by atoms with van der Waals surface area (Å²) in [6.45, 7) is -0.350. The molecule has 4 aromatic carbocycles. The molecule has 0 amide bonds. The van der Waals surface area contributed by atoms with Crippen LogP contribution in [0.5, 0.6) is 0 Å². The molecule has 4 rings (SSSR count). The molecule has 0 aliphatic heterocycles. The average molecular weight is 450 g/mol. The third-order valence-corrected chi connectivity index (χ3v) is 6.13. The molecule has 0 fully saturated rings. The Balaban J connectivity index is 1.43. The van der Waals surface area contributed by atoms with E-state index in [2.05, 4.69) is 6.07 Å². The molecule has 0 aliphatic rings. The maximum atomic E-state index is 12.7. The normalized spacial score (nSPS) is 10.3. The lowest BCUT2D eigenvalue weighted by molar-refractivity contribution is 0.0471. The molecular formula is C28H19NO3S. The van der Waals surface area contributed by atoms with E-state index in [1.807, 2.05) is 60.7 Å². The molecule has 0 saturated carbocycles. The average Bonchev–Trinajstić information content (AvgIpc) is 2.88. The quantitative estimate of drug-likeness (QED) is 0.241. The van der Waals surface area contributed by atoms with E-state index in [4.69, 9.17) is 4.74 Å². The first kappa shape index (κ1) is 22.1. The van der Waals surface area contributed by atoms with Crippen LogP contribution in [-0.4, -0.2) is 18.4 Å². The van der Waals surface area contributed by atoms with Gasteiger partial charge in [0.1, 0.15) is 6.07 Å². The molecule has 0 radical (unpaired) electrons. The Morgan fingerprint density at radius 2 is 1.33 bits per heavy atom. The Morgan fingerprint density at radius 3 is 2.06 bits per heavy atom. The number of carbonyl (C=O) groups is 2. The fourth-order valence-corrected chi connectivity index (χ4v) is 4.28. The summed E-state index contributed by atoms with van der Waals surface area (Å²) in [5.41, 5.74) is 3.43. The summed E-state index contributed by atoms with van der Waals surface area (Å²) in [5.74, 6) is -0.857. The van der Waals surface area contributed by atoms with Crippen molar-refractivity contribution in [1.82, 2.24) is 0 Å². The molecule has 33 heavy (non-hydrogen) atoms. The van der Waals surface area contributed by atoms with Gasteiger partial charge in [-0.05, 0) is 35.4 Å². The van der Waals surface area contributed by atoms with Gasteiger partial charge in [-0.2, -0.15) is 5.26 Å². The highest BCUT2D eigenvalue weighted by Crippen LogP contribution is 2.33. The van der Waals surface area contributed by atoms with Crippen LogP contribution in [0.1, 0.15) is 26.3 Å². The van der Waals surface area contributed by atoms with Gasteiger partial charge < -0.3 is 4.74 Å². The highest BCUT2D eigenvalue weighted by atomic mass is 32.2. The summed E-state index contributed by atoms with van der Waals surface area (Å²) in [7, 11) is 0. The third kappa shape index (κ3) is 5.38. The monoisotopic (exact) mass is 449 g/mol. The van der Waals surface area contributed by atoms with E-state index in [9.17, 15) is 14.9 Å². The number of nitriles is 1. The number of rotatable bonds is 7. The van der Waals surface area contributed by atoms with Crippen molar-refractivity contribution in [3.8, 4) is 17.2 Å². The number of Topliss-reactive ketones (excluding diaryl/α,β-unsaturated/α-hetero) is 1. The van der Waals surface area contributed by atoms with E-state index >= 15 is 0 Å². The van der Waals surface area contributed by atoms with E-state index in [1.54, 1.807) is 42.5 Å². The summed E-state index contributed by atoms with van der Waals surface area (Å²) in [4.78, 5) is 26.7. The van der Waals surface area contributed by atoms with Crippen molar-refractivity contribution in [2.45, 2.75) is 9.79 Å². The first-order valence-corrected chi connectivity index (χ1v) is 11.1. The number of hydrogen-bond donors (Lipinski definition) is 0. The second-order valence-electron chi connectivity index (χ2n) is 7.15. The molecular weight excluding hydrogens is 430 g/mol. The Kier molecular flexibility index (Phi) is 6.99. The lowest BCUT2D eigenvalue weighted by Crippen LogP contribution is -2.14. The number of hydrogen-bond acceptors (Lipinski definition) is 5. The van der Waals surface area contributed by atoms with Crippen LogP contribution in [0.3, 0.4) is 0 Å². The number of carbonyl (C=O) groups excluding carboxylic acids is 2. The van der Waals surface area contributed by atoms with Crippen molar-refractivity contribution in [2.75, 3.05) is 6.61 Å². The zero-order chi connectivity index (χ0) is 23.0. The molecule has 0 unspecified atom stereocenters. The Labute approximate surface area is 196 Å². The van der Waals surface area contributed by atoms with Crippen LogP contribution in [0, 0.1) is 11.3 Å². The molecule has 4 nitrogen and oxygen atoms in total. The first-order valence-electron chi connectivity index (χ1n) is 10.3. The Morgan fingerprint density at radius 1 is 0.727 bits per heavy atom. The van der Waals surface area contributed by atoms with Crippen molar-refractivity contribution < 1.29 is 14.3 Å². The fourth-order valence-electron chi connectivity index (χ4n) is 3.26. The van der Waals surface area contributed by atoms with Crippen LogP contribution in [0.25, 0.3) is 11.1 Å². The number of benzene rings is 4. The SMILES string of the molecule is N#Cc1ccccc1Sc1ccccc1C(=O)OCC(=O)c1ccc(-c2ccccc2)cc1. The van der Waals surface area contributed by atoms with E-state index in [1.165, 1.54) is 11.8 Å². The largest absolute Gasteiger partial charge is 0.454 e. The molecule has 0 atom stereocenters. The van der Waals surface area contributed by atoms with Crippen LogP contribution in [-0.2, 0) is 4.74 Å². The van der Waals surface area contributed by atoms with Gasteiger partial charge in [0.2, 0.25) is 0 Å². The van der Waals surface area contributed by atoms with Gasteiger partial charge in [0.05, 0.1) is 11.1 Å². The Hall–Kier alpha value is -4.14. The van der Waals surface area contributed by atoms with Gasteiger partial charge >= 0.3 is 5.97 Å². The van der Waals surface area contributed by atoms with Crippen molar-refractivity contribution in [3.63, 3.8) is 0 Å². The first-order chi connectivity index (χ1) is 16.2. The number of esters is 1. The highest BCUT2D eigenvalue weighted by molar-refractivity contribution is 7.99. The number of ketones is 1. The zero-order valence-electron chi connectivity index (χ0n) is 17.6. The molecule has 0 aromatic heterocycles. The third-order valence-electron chi connectivity index (χ3n) is 4.98. The molecule has 160 valence electrons. The van der Waals surface area contributed by atoms with E-state index < -0.39 is 5.97 Å². The second-order valence-corrected chi connectivity index (χ2v) is 8.23. The van der Waals surface area contributed by atoms with Crippen molar-refractivity contribution in [2.24, 2.45) is 0 Å². The van der Waals surface area contributed by atoms with Crippen LogP contribution in [0.2, 0.25) is 0 Å². The van der Waals surface area contributed by atoms with Crippen molar-refractivity contribution in [3.05, 3.63) is 120 Å². The predicted octanol–water partition coefficient (Wildman–Crippen LogP) is 6.42. The van der Waals surface area contributed by atoms with Crippen molar-refractivity contribution >= 4 is 23.5 Å². The summed E-state index contributed by atoms with van der Waals surface area (Å²) in [6, 6.07) is 33.4. The molecule has 5 heteroatoms. The highest BCUT2D eigenvalue weighted by Gasteiger charge is 2.17. The zero-order valence-corrected chi connectivity index (χ0v) is 18.4. The molecule has 0 heterocycles. The fraction of sp³-hybridized carbons (Fsp3) is 0.0357. The molecule has 0 saturated heterocycles. The van der Waals surface area contributed by atoms with Gasteiger partial charge in [-0.25, -0.2) is 4.79 Å². The summed E-state index contributed by atoms with van der Waals surface area (Å²) >= 11 is 1.32. The minimum atomic E-state index is -0.582. The molecule has 0 aliphatic carbocycles. The van der Waals surface area contributed by atoms with Crippen LogP contribution >= 0.6 is 11.8 Å². The van der Waals surface area contributed by atoms with Gasteiger partial charge in [0.15, 0.2) is 12.4 Å². The van der Waals surface area contributed by atoms with Gasteiger partial charge in [-0.15, -0.1) is 0 Å². The molecule has 4 aromatic rings. The standard InChI is InChI=1S/C28H19NO3S/c29-18-23-10-4-6-12-26(23)33-27-13-7-5-11-24(27)28(31)32-19-25(30)22-16-14-21(15-17-22)20-8-2-1-3-9-20/h1-17H,19H2. The van der Waals surface area contributed by atoms with Crippen LogP contribution in [0.4, 0.5) is 0 Å². The smallest absolute Gasteiger partial charge is 0.339 e. The topological polar surface area (TPSA) is 67.2 Å². The summed E-state index contributed by atoms with van der Waals surface area (Å²) < 4.78 is 5.33. The van der Waals surface area contributed by atoms with Gasteiger partial charge in [0.25, 0.3) is 0 Å². The molecule has 0 N–H and O–H groups in total. The van der Waals surface area contributed by atoms with Crippen molar-refractivity contribution in [1.29, 1.82) is 5.26 Å². The molecule has 0 spiro atoms. The Bertz CT molecular complexity index is 1330. The lowest BCUT2D eigenvalue weighted by atomic mass is 10.0. The van der Waals surface area contributed by atoms with Gasteiger partial charge in [0, 0.05) is 15.4 Å². The van der Waals surface area contributed by atoms with E-state index in [-0.39, 0.29) is 12.4 Å². The lowest BCUT2D eigenvalue weighted by Gasteiger charge is -2.10. The number of ether oxygens (including phenoxy) is 1. The maximum absolute atomic E-state index is 12.7.